The standard InChI is InChI=1S/C24H22F5N5O/c1-14-4-2-11-34(18(14)13-33-19-8-5-15(12-32-19)24(27,28)29)23(35)16-6-7-17(25)21(26)20(16)22-30-9-3-10-31-22/h3,5-10,12,14,18H,2,4,11,13H2,1H3,(H,32,33)/t14?,18-/m1/s1. The highest BCUT2D eigenvalue weighted by atomic mass is 19.4. The van der Waals surface area contributed by atoms with Gasteiger partial charge in [-0.3, -0.25) is 4.79 Å². The Balaban J connectivity index is 1.60. The number of aromatic nitrogens is 3. The van der Waals surface area contributed by atoms with Crippen LogP contribution in [0, 0.1) is 17.6 Å². The van der Waals surface area contributed by atoms with Crippen LogP contribution >= 0.6 is 0 Å². The molecule has 1 unspecified atom stereocenters. The van der Waals surface area contributed by atoms with Crippen LogP contribution in [-0.4, -0.2) is 44.9 Å². The van der Waals surface area contributed by atoms with E-state index >= 15 is 0 Å². The van der Waals surface area contributed by atoms with E-state index < -0.39 is 29.3 Å². The van der Waals surface area contributed by atoms with Gasteiger partial charge in [-0.25, -0.2) is 23.7 Å². The average molecular weight is 491 g/mol. The van der Waals surface area contributed by atoms with Gasteiger partial charge in [-0.1, -0.05) is 6.92 Å². The van der Waals surface area contributed by atoms with E-state index in [1.165, 1.54) is 30.6 Å². The number of benzene rings is 1. The highest BCUT2D eigenvalue weighted by Gasteiger charge is 2.35. The third kappa shape index (κ3) is 5.23. The third-order valence-corrected chi connectivity index (χ3v) is 6.07. The molecule has 11 heteroatoms. The van der Waals surface area contributed by atoms with E-state index in [-0.39, 0.29) is 41.3 Å². The third-order valence-electron chi connectivity index (χ3n) is 6.07. The zero-order valence-corrected chi connectivity index (χ0v) is 18.7. The SMILES string of the molecule is CC1CCCN(C(=O)c2ccc(F)c(F)c2-c2ncccn2)[C@@H]1CNc1ccc(C(F)(F)F)cn1. The predicted molar refractivity (Wildman–Crippen MR) is 118 cm³/mol. The molecule has 1 aliphatic heterocycles. The van der Waals surface area contributed by atoms with Crippen molar-refractivity contribution < 1.29 is 26.7 Å². The minimum Gasteiger partial charge on any atom is -0.368 e. The van der Waals surface area contributed by atoms with Gasteiger partial charge >= 0.3 is 6.18 Å². The number of amides is 1. The van der Waals surface area contributed by atoms with Gasteiger partial charge < -0.3 is 10.2 Å². The summed E-state index contributed by atoms with van der Waals surface area (Å²) in [5, 5.41) is 3.00. The minimum atomic E-state index is -4.49. The highest BCUT2D eigenvalue weighted by molar-refractivity contribution is 6.00. The summed E-state index contributed by atoms with van der Waals surface area (Å²) in [6, 6.07) is 5.41. The van der Waals surface area contributed by atoms with Gasteiger partial charge in [0.1, 0.15) is 5.82 Å². The molecule has 1 aromatic carbocycles. The van der Waals surface area contributed by atoms with Crippen LogP contribution in [0.15, 0.2) is 48.9 Å². The molecule has 3 heterocycles. The molecule has 1 saturated heterocycles. The Morgan fingerprint density at radius 3 is 2.51 bits per heavy atom. The van der Waals surface area contributed by atoms with Gasteiger partial charge in [-0.15, -0.1) is 0 Å². The molecule has 0 bridgehead atoms. The molecule has 1 fully saturated rings. The first-order valence-electron chi connectivity index (χ1n) is 11.0. The first-order chi connectivity index (χ1) is 16.7. The Hall–Kier alpha value is -3.63. The van der Waals surface area contributed by atoms with Gasteiger partial charge in [0.15, 0.2) is 17.5 Å². The summed E-state index contributed by atoms with van der Waals surface area (Å²) in [7, 11) is 0. The number of carbonyl (C=O) groups is 1. The van der Waals surface area contributed by atoms with Crippen molar-refractivity contribution in [1.82, 2.24) is 19.9 Å². The molecule has 2 atom stereocenters. The number of rotatable bonds is 5. The smallest absolute Gasteiger partial charge is 0.368 e. The van der Waals surface area contributed by atoms with Gasteiger partial charge in [0, 0.05) is 31.7 Å². The first kappa shape index (κ1) is 24.5. The van der Waals surface area contributed by atoms with E-state index in [2.05, 4.69) is 20.3 Å². The Labute approximate surface area is 198 Å². The van der Waals surface area contributed by atoms with Crippen LogP contribution in [0.5, 0.6) is 0 Å². The molecule has 2 aromatic heterocycles. The highest BCUT2D eigenvalue weighted by Crippen LogP contribution is 2.31. The Bertz CT molecular complexity index is 1190. The lowest BCUT2D eigenvalue weighted by Gasteiger charge is -2.40. The average Bonchev–Trinajstić information content (AvgIpc) is 2.84. The van der Waals surface area contributed by atoms with Crippen LogP contribution in [0.1, 0.15) is 35.7 Å². The number of alkyl halides is 3. The number of carbonyl (C=O) groups excluding carboxylic acids is 1. The van der Waals surface area contributed by atoms with E-state index in [1.54, 1.807) is 4.90 Å². The zero-order valence-electron chi connectivity index (χ0n) is 18.7. The van der Waals surface area contributed by atoms with Crippen molar-refractivity contribution in [2.45, 2.75) is 32.0 Å². The van der Waals surface area contributed by atoms with Crippen molar-refractivity contribution in [3.8, 4) is 11.4 Å². The molecule has 1 N–H and O–H groups in total. The lowest BCUT2D eigenvalue weighted by Crippen LogP contribution is -2.51. The molecule has 35 heavy (non-hydrogen) atoms. The van der Waals surface area contributed by atoms with E-state index in [4.69, 9.17) is 0 Å². The Kier molecular flexibility index (Phi) is 6.95. The number of likely N-dealkylation sites (tertiary alicyclic amines) is 1. The van der Waals surface area contributed by atoms with E-state index in [9.17, 15) is 26.7 Å². The second-order valence-corrected chi connectivity index (χ2v) is 8.35. The van der Waals surface area contributed by atoms with Crippen LogP contribution in [0.4, 0.5) is 27.8 Å². The number of hydrogen-bond acceptors (Lipinski definition) is 5. The summed E-state index contributed by atoms with van der Waals surface area (Å²) in [4.78, 5) is 27.0. The van der Waals surface area contributed by atoms with Crippen LogP contribution in [0.25, 0.3) is 11.4 Å². The maximum absolute atomic E-state index is 14.8. The number of nitrogens with one attached hydrogen (secondary N) is 1. The molecular weight excluding hydrogens is 469 g/mol. The number of nitrogens with zero attached hydrogens (tertiary/aromatic N) is 4. The van der Waals surface area contributed by atoms with Gasteiger partial charge in [-0.2, -0.15) is 13.2 Å². The molecule has 4 rings (SSSR count). The number of anilines is 1. The number of pyridine rings is 1. The number of piperidine rings is 1. The van der Waals surface area contributed by atoms with E-state index in [0.717, 1.165) is 24.8 Å². The fourth-order valence-corrected chi connectivity index (χ4v) is 4.22. The minimum absolute atomic E-state index is 0.0383. The molecule has 0 radical (unpaired) electrons. The van der Waals surface area contributed by atoms with Crippen molar-refractivity contribution in [3.05, 3.63) is 71.7 Å². The van der Waals surface area contributed by atoms with Crippen molar-refractivity contribution in [2.75, 3.05) is 18.4 Å². The van der Waals surface area contributed by atoms with Crippen LogP contribution in [-0.2, 0) is 6.18 Å². The maximum atomic E-state index is 14.8. The number of halogens is 5. The summed E-state index contributed by atoms with van der Waals surface area (Å²) >= 11 is 0. The number of hydrogen-bond donors (Lipinski definition) is 1. The van der Waals surface area contributed by atoms with Crippen molar-refractivity contribution in [1.29, 1.82) is 0 Å². The molecular formula is C24H22F5N5O. The van der Waals surface area contributed by atoms with Gasteiger partial charge in [0.25, 0.3) is 5.91 Å². The molecule has 0 spiro atoms. The van der Waals surface area contributed by atoms with Gasteiger partial charge in [-0.05, 0) is 49.1 Å². The Morgan fingerprint density at radius 2 is 1.86 bits per heavy atom. The molecule has 6 nitrogen and oxygen atoms in total. The summed E-state index contributed by atoms with van der Waals surface area (Å²) < 4.78 is 67.2. The molecule has 3 aromatic rings. The normalized spacial score (nSPS) is 18.4. The summed E-state index contributed by atoms with van der Waals surface area (Å²) in [6.07, 6.45) is 0.521. The summed E-state index contributed by atoms with van der Waals surface area (Å²) in [5.74, 6) is -2.68. The molecule has 0 saturated carbocycles. The Morgan fingerprint density at radius 1 is 1.11 bits per heavy atom. The second kappa shape index (κ2) is 9.93. The van der Waals surface area contributed by atoms with Crippen LogP contribution in [0.2, 0.25) is 0 Å². The predicted octanol–water partition coefficient (Wildman–Crippen LogP) is 5.19. The lowest BCUT2D eigenvalue weighted by molar-refractivity contribution is -0.137. The topological polar surface area (TPSA) is 71.0 Å². The molecule has 1 amide bonds. The lowest BCUT2D eigenvalue weighted by atomic mass is 9.89. The molecule has 0 aliphatic carbocycles. The molecule has 184 valence electrons. The summed E-state index contributed by atoms with van der Waals surface area (Å²) in [6.45, 7) is 2.55. The fourth-order valence-electron chi connectivity index (χ4n) is 4.22. The van der Waals surface area contributed by atoms with Gasteiger partial charge in [0.05, 0.1) is 22.7 Å². The monoisotopic (exact) mass is 491 g/mol. The van der Waals surface area contributed by atoms with E-state index in [0.29, 0.717) is 13.0 Å². The second-order valence-electron chi connectivity index (χ2n) is 8.35. The fraction of sp³-hybridized carbons (Fsp3) is 0.333. The van der Waals surface area contributed by atoms with Crippen molar-refractivity contribution >= 4 is 11.7 Å². The van der Waals surface area contributed by atoms with E-state index in [1.807, 2.05) is 6.92 Å². The van der Waals surface area contributed by atoms with Crippen LogP contribution < -0.4 is 5.32 Å². The molecule has 1 aliphatic rings. The van der Waals surface area contributed by atoms with Crippen molar-refractivity contribution in [3.63, 3.8) is 0 Å². The van der Waals surface area contributed by atoms with Gasteiger partial charge in [0.2, 0.25) is 0 Å². The maximum Gasteiger partial charge on any atom is 0.417 e. The largest absolute Gasteiger partial charge is 0.417 e. The first-order valence-corrected chi connectivity index (χ1v) is 11.0. The zero-order chi connectivity index (χ0) is 25.2. The van der Waals surface area contributed by atoms with Crippen LogP contribution in [0.3, 0.4) is 0 Å². The summed E-state index contributed by atoms with van der Waals surface area (Å²) in [5.41, 5.74) is -1.24. The quantitative estimate of drug-likeness (QED) is 0.498. The van der Waals surface area contributed by atoms with Crippen molar-refractivity contribution in [2.24, 2.45) is 5.92 Å².